The van der Waals surface area contributed by atoms with Crippen LogP contribution < -0.4 is 14.2 Å². The molecule has 146 valence electrons. The Labute approximate surface area is 169 Å². The van der Waals surface area contributed by atoms with Gasteiger partial charge in [0.25, 0.3) is 0 Å². The molecule has 2 aromatic rings. The van der Waals surface area contributed by atoms with Crippen molar-refractivity contribution in [1.29, 1.82) is 0 Å². The fraction of sp³-hybridized carbons (Fsp3) is 0.318. The van der Waals surface area contributed by atoms with E-state index in [2.05, 4.69) is 12.1 Å². The molecule has 0 N–H and O–H groups in total. The molecular formula is C22H23NO4S. The van der Waals surface area contributed by atoms with Crippen molar-refractivity contribution in [2.24, 2.45) is 0 Å². The Morgan fingerprint density at radius 3 is 2.79 bits per heavy atom. The maximum Gasteiger partial charge on any atom is 0.246 e. The minimum atomic E-state index is 0.0581. The topological polar surface area (TPSA) is 48.0 Å². The zero-order valence-electron chi connectivity index (χ0n) is 15.8. The van der Waals surface area contributed by atoms with Crippen LogP contribution >= 0.6 is 11.8 Å². The number of amides is 1. The molecule has 0 aromatic heterocycles. The van der Waals surface area contributed by atoms with Gasteiger partial charge < -0.3 is 19.1 Å². The molecule has 6 heteroatoms. The van der Waals surface area contributed by atoms with Gasteiger partial charge in [-0.2, -0.15) is 11.8 Å². The van der Waals surface area contributed by atoms with Crippen molar-refractivity contribution in [3.8, 4) is 17.2 Å². The summed E-state index contributed by atoms with van der Waals surface area (Å²) in [6, 6.07) is 13.8. The van der Waals surface area contributed by atoms with Crippen LogP contribution in [0.25, 0.3) is 6.08 Å². The zero-order chi connectivity index (χ0) is 19.3. The molecule has 2 aliphatic heterocycles. The molecule has 1 unspecified atom stereocenters. The van der Waals surface area contributed by atoms with Gasteiger partial charge in [-0.05, 0) is 47.9 Å². The van der Waals surface area contributed by atoms with Crippen molar-refractivity contribution in [3.63, 3.8) is 0 Å². The van der Waals surface area contributed by atoms with Gasteiger partial charge in [-0.3, -0.25) is 4.79 Å². The Morgan fingerprint density at radius 1 is 1.14 bits per heavy atom. The van der Waals surface area contributed by atoms with E-state index in [0.717, 1.165) is 48.1 Å². The molecule has 2 heterocycles. The Kier molecular flexibility index (Phi) is 5.76. The Balaban J connectivity index is 1.36. The van der Waals surface area contributed by atoms with Crippen molar-refractivity contribution < 1.29 is 19.0 Å². The lowest BCUT2D eigenvalue weighted by Crippen LogP contribution is -2.31. The predicted octanol–water partition coefficient (Wildman–Crippen LogP) is 4.14. The molecule has 1 amide bonds. The van der Waals surface area contributed by atoms with Gasteiger partial charge in [-0.15, -0.1) is 0 Å². The third kappa shape index (κ3) is 4.28. The average molecular weight is 397 g/mol. The van der Waals surface area contributed by atoms with Gasteiger partial charge in [0.1, 0.15) is 5.75 Å². The molecule has 5 nitrogen and oxygen atoms in total. The van der Waals surface area contributed by atoms with E-state index < -0.39 is 0 Å². The van der Waals surface area contributed by atoms with Crippen LogP contribution in [0.2, 0.25) is 0 Å². The van der Waals surface area contributed by atoms with Gasteiger partial charge in [0, 0.05) is 30.2 Å². The first-order valence-electron chi connectivity index (χ1n) is 9.35. The van der Waals surface area contributed by atoms with Crippen LogP contribution in [0.3, 0.4) is 0 Å². The first-order chi connectivity index (χ1) is 13.7. The van der Waals surface area contributed by atoms with E-state index >= 15 is 0 Å². The minimum absolute atomic E-state index is 0.0581. The number of carbonyl (C=O) groups is 1. The molecule has 0 aliphatic carbocycles. The number of carbonyl (C=O) groups excluding carboxylic acids is 1. The summed E-state index contributed by atoms with van der Waals surface area (Å²) in [5.41, 5.74) is 2.22. The SMILES string of the molecule is COc1ccc(/C=C/C(=O)N2CCSC(c3ccc4c(c3)OCO4)CC2)cc1. The average Bonchev–Trinajstić information content (AvgIpc) is 3.07. The maximum atomic E-state index is 12.6. The van der Waals surface area contributed by atoms with E-state index in [1.54, 1.807) is 13.2 Å². The lowest BCUT2D eigenvalue weighted by atomic mass is 10.1. The maximum absolute atomic E-state index is 12.6. The van der Waals surface area contributed by atoms with Crippen molar-refractivity contribution in [3.05, 3.63) is 59.7 Å². The number of benzene rings is 2. The summed E-state index contributed by atoms with van der Waals surface area (Å²) in [5, 5.41) is 0.359. The Hall–Kier alpha value is -2.60. The van der Waals surface area contributed by atoms with E-state index in [1.165, 1.54) is 5.56 Å². The van der Waals surface area contributed by atoms with Gasteiger partial charge in [-0.1, -0.05) is 18.2 Å². The van der Waals surface area contributed by atoms with Gasteiger partial charge in [0.15, 0.2) is 11.5 Å². The van der Waals surface area contributed by atoms with E-state index in [0.29, 0.717) is 12.0 Å². The van der Waals surface area contributed by atoms with Crippen molar-refractivity contribution in [1.82, 2.24) is 4.90 Å². The summed E-state index contributed by atoms with van der Waals surface area (Å²) >= 11 is 1.89. The van der Waals surface area contributed by atoms with Gasteiger partial charge in [-0.25, -0.2) is 0 Å². The molecule has 1 fully saturated rings. The van der Waals surface area contributed by atoms with Crippen LogP contribution in [0.15, 0.2) is 48.5 Å². The van der Waals surface area contributed by atoms with Gasteiger partial charge in [0.2, 0.25) is 12.7 Å². The molecular weight excluding hydrogens is 374 g/mol. The molecule has 4 rings (SSSR count). The molecule has 2 aromatic carbocycles. The first kappa shape index (κ1) is 18.7. The van der Waals surface area contributed by atoms with Crippen molar-refractivity contribution in [2.45, 2.75) is 11.7 Å². The summed E-state index contributed by atoms with van der Waals surface area (Å²) in [6.07, 6.45) is 4.44. The highest BCUT2D eigenvalue weighted by atomic mass is 32.2. The van der Waals surface area contributed by atoms with Gasteiger partial charge in [0.05, 0.1) is 7.11 Å². The molecule has 28 heavy (non-hydrogen) atoms. The normalized spacial score (nSPS) is 18.9. The number of nitrogens with zero attached hydrogens (tertiary/aromatic N) is 1. The number of methoxy groups -OCH3 is 1. The van der Waals surface area contributed by atoms with Crippen LogP contribution in [0.5, 0.6) is 17.2 Å². The van der Waals surface area contributed by atoms with Crippen molar-refractivity contribution >= 4 is 23.7 Å². The summed E-state index contributed by atoms with van der Waals surface area (Å²) in [6.45, 7) is 1.80. The second-order valence-corrected chi connectivity index (χ2v) is 8.00. The lowest BCUT2D eigenvalue weighted by Gasteiger charge is -2.18. The lowest BCUT2D eigenvalue weighted by molar-refractivity contribution is -0.125. The van der Waals surface area contributed by atoms with Crippen LogP contribution in [-0.4, -0.2) is 43.6 Å². The van der Waals surface area contributed by atoms with Crippen LogP contribution in [0.1, 0.15) is 22.8 Å². The van der Waals surface area contributed by atoms with E-state index in [9.17, 15) is 4.79 Å². The predicted molar refractivity (Wildman–Crippen MR) is 111 cm³/mol. The van der Waals surface area contributed by atoms with Crippen molar-refractivity contribution in [2.75, 3.05) is 32.7 Å². The minimum Gasteiger partial charge on any atom is -0.497 e. The smallest absolute Gasteiger partial charge is 0.246 e. The summed E-state index contributed by atoms with van der Waals surface area (Å²) < 4.78 is 16.0. The monoisotopic (exact) mass is 397 g/mol. The summed E-state index contributed by atoms with van der Waals surface area (Å²) in [5.74, 6) is 3.41. The number of rotatable bonds is 4. The standard InChI is InChI=1S/C22H23NO4S/c1-25-18-6-2-16(3-7-18)4-9-22(24)23-11-10-21(28-13-12-23)17-5-8-19-20(14-17)27-15-26-19/h2-9,14,21H,10-13,15H2,1H3/b9-4+. The quantitative estimate of drug-likeness (QED) is 0.726. The van der Waals surface area contributed by atoms with Gasteiger partial charge >= 0.3 is 0 Å². The largest absolute Gasteiger partial charge is 0.497 e. The molecule has 1 atom stereocenters. The number of hydrogen-bond acceptors (Lipinski definition) is 5. The van der Waals surface area contributed by atoms with Crippen LogP contribution in [-0.2, 0) is 4.79 Å². The molecule has 1 saturated heterocycles. The Bertz CT molecular complexity index is 865. The highest BCUT2D eigenvalue weighted by molar-refractivity contribution is 7.99. The third-order valence-electron chi connectivity index (χ3n) is 4.96. The fourth-order valence-corrected chi connectivity index (χ4v) is 4.58. The van der Waals surface area contributed by atoms with E-state index in [-0.39, 0.29) is 5.91 Å². The molecule has 0 radical (unpaired) electrons. The third-order valence-corrected chi connectivity index (χ3v) is 6.28. The summed E-state index contributed by atoms with van der Waals surface area (Å²) in [4.78, 5) is 14.5. The number of thioether (sulfide) groups is 1. The highest BCUT2D eigenvalue weighted by Gasteiger charge is 2.23. The number of ether oxygens (including phenoxy) is 3. The second kappa shape index (κ2) is 8.61. The molecule has 0 bridgehead atoms. The molecule has 0 spiro atoms. The first-order valence-corrected chi connectivity index (χ1v) is 10.4. The Morgan fingerprint density at radius 2 is 1.96 bits per heavy atom. The number of hydrogen-bond donors (Lipinski definition) is 0. The van der Waals surface area contributed by atoms with E-state index in [1.807, 2.05) is 53.1 Å². The molecule has 0 saturated carbocycles. The zero-order valence-corrected chi connectivity index (χ0v) is 16.6. The summed E-state index contributed by atoms with van der Waals surface area (Å²) in [7, 11) is 1.64. The van der Waals surface area contributed by atoms with Crippen LogP contribution in [0, 0.1) is 0 Å². The molecule has 2 aliphatic rings. The highest BCUT2D eigenvalue weighted by Crippen LogP contribution is 2.40. The fourth-order valence-electron chi connectivity index (χ4n) is 3.36. The van der Waals surface area contributed by atoms with E-state index in [4.69, 9.17) is 14.2 Å². The second-order valence-electron chi connectivity index (χ2n) is 6.69. The van der Waals surface area contributed by atoms with Crippen LogP contribution in [0.4, 0.5) is 0 Å². The number of fused-ring (bicyclic) bond motifs is 1.